The monoisotopic (exact) mass is 293 g/mol. The SMILES string of the molecule is COc1ccc(-c2cc(C#N)c3cc(O)ccc3c2)cc1F. The second-order valence-corrected chi connectivity index (χ2v) is 4.89. The Kier molecular flexibility index (Phi) is 3.40. The normalized spacial score (nSPS) is 10.4. The molecule has 0 aliphatic carbocycles. The Bertz CT molecular complexity index is 913. The predicted molar refractivity (Wildman–Crippen MR) is 82.3 cm³/mol. The molecule has 0 fully saturated rings. The molecule has 0 heterocycles. The van der Waals surface area contributed by atoms with Crippen LogP contribution >= 0.6 is 0 Å². The zero-order valence-electron chi connectivity index (χ0n) is 11.8. The number of nitriles is 1. The second-order valence-electron chi connectivity index (χ2n) is 4.89. The number of methoxy groups -OCH3 is 1. The standard InChI is InChI=1S/C18H12FNO2/c1-22-18-5-3-11(8-17(18)19)13-6-12-2-4-15(21)9-16(12)14(7-13)10-20/h2-9,21H,1H3. The average molecular weight is 293 g/mol. The van der Waals surface area contributed by atoms with E-state index >= 15 is 0 Å². The Labute approximate surface area is 126 Å². The summed E-state index contributed by atoms with van der Waals surface area (Å²) in [6.07, 6.45) is 0. The van der Waals surface area contributed by atoms with E-state index in [9.17, 15) is 14.8 Å². The van der Waals surface area contributed by atoms with Gasteiger partial charge in [-0.25, -0.2) is 4.39 Å². The van der Waals surface area contributed by atoms with E-state index in [4.69, 9.17) is 4.74 Å². The number of hydrogen-bond donors (Lipinski definition) is 1. The molecule has 3 aromatic rings. The lowest BCUT2D eigenvalue weighted by Gasteiger charge is -2.08. The smallest absolute Gasteiger partial charge is 0.165 e. The van der Waals surface area contributed by atoms with Crippen molar-refractivity contribution in [1.29, 1.82) is 5.26 Å². The van der Waals surface area contributed by atoms with Crippen LogP contribution < -0.4 is 4.74 Å². The minimum atomic E-state index is -0.454. The van der Waals surface area contributed by atoms with Crippen molar-refractivity contribution in [3.63, 3.8) is 0 Å². The van der Waals surface area contributed by atoms with Gasteiger partial charge in [-0.2, -0.15) is 5.26 Å². The number of benzene rings is 3. The van der Waals surface area contributed by atoms with Crippen LogP contribution in [0.3, 0.4) is 0 Å². The van der Waals surface area contributed by atoms with Crippen molar-refractivity contribution in [2.45, 2.75) is 0 Å². The van der Waals surface area contributed by atoms with Crippen LogP contribution in [0.2, 0.25) is 0 Å². The van der Waals surface area contributed by atoms with Crippen LogP contribution in [0.5, 0.6) is 11.5 Å². The van der Waals surface area contributed by atoms with E-state index in [0.717, 1.165) is 10.9 Å². The molecule has 0 aromatic heterocycles. The number of ether oxygens (including phenoxy) is 1. The Balaban J connectivity index is 2.22. The zero-order valence-corrected chi connectivity index (χ0v) is 11.8. The fourth-order valence-corrected chi connectivity index (χ4v) is 2.45. The first kappa shape index (κ1) is 13.9. The van der Waals surface area contributed by atoms with E-state index in [1.54, 1.807) is 36.4 Å². The molecule has 0 aliphatic rings. The first-order valence-electron chi connectivity index (χ1n) is 6.63. The number of phenolic OH excluding ortho intramolecular Hbond substituents is 1. The van der Waals surface area contributed by atoms with E-state index < -0.39 is 5.82 Å². The highest BCUT2D eigenvalue weighted by molar-refractivity contribution is 5.93. The Morgan fingerprint density at radius 1 is 1.05 bits per heavy atom. The molecule has 0 radical (unpaired) electrons. The van der Waals surface area contributed by atoms with Gasteiger partial charge in [0.1, 0.15) is 5.75 Å². The van der Waals surface area contributed by atoms with Gasteiger partial charge in [-0.15, -0.1) is 0 Å². The number of hydrogen-bond acceptors (Lipinski definition) is 3. The van der Waals surface area contributed by atoms with Gasteiger partial charge in [-0.1, -0.05) is 12.1 Å². The van der Waals surface area contributed by atoms with Crippen molar-refractivity contribution >= 4 is 10.8 Å². The summed E-state index contributed by atoms with van der Waals surface area (Å²) in [6, 6.07) is 15.2. The third-order valence-electron chi connectivity index (χ3n) is 3.54. The maximum atomic E-state index is 13.9. The number of phenols is 1. The molecule has 108 valence electrons. The average Bonchev–Trinajstić information content (AvgIpc) is 2.53. The van der Waals surface area contributed by atoms with E-state index in [-0.39, 0.29) is 11.5 Å². The summed E-state index contributed by atoms with van der Waals surface area (Å²) in [4.78, 5) is 0. The largest absolute Gasteiger partial charge is 0.508 e. The summed E-state index contributed by atoms with van der Waals surface area (Å²) in [5.41, 5.74) is 1.82. The van der Waals surface area contributed by atoms with Crippen LogP contribution in [0.4, 0.5) is 4.39 Å². The highest BCUT2D eigenvalue weighted by atomic mass is 19.1. The highest BCUT2D eigenvalue weighted by Crippen LogP contribution is 2.31. The van der Waals surface area contributed by atoms with Gasteiger partial charge in [-0.05, 0) is 52.9 Å². The Hall–Kier alpha value is -3.06. The van der Waals surface area contributed by atoms with E-state index in [1.807, 2.05) is 6.07 Å². The third-order valence-corrected chi connectivity index (χ3v) is 3.54. The van der Waals surface area contributed by atoms with Gasteiger partial charge >= 0.3 is 0 Å². The maximum Gasteiger partial charge on any atom is 0.165 e. The molecule has 0 atom stereocenters. The molecule has 0 saturated carbocycles. The predicted octanol–water partition coefficient (Wildman–Crippen LogP) is 4.23. The highest BCUT2D eigenvalue weighted by Gasteiger charge is 2.09. The number of halogens is 1. The molecular formula is C18H12FNO2. The lowest BCUT2D eigenvalue weighted by atomic mass is 9.97. The summed E-state index contributed by atoms with van der Waals surface area (Å²) in [7, 11) is 1.41. The molecule has 1 N–H and O–H groups in total. The molecule has 3 aromatic carbocycles. The van der Waals surface area contributed by atoms with Crippen LogP contribution in [-0.2, 0) is 0 Å². The lowest BCUT2D eigenvalue weighted by molar-refractivity contribution is 0.386. The molecule has 0 saturated heterocycles. The van der Waals surface area contributed by atoms with Crippen molar-refractivity contribution in [1.82, 2.24) is 0 Å². The first-order chi connectivity index (χ1) is 10.6. The van der Waals surface area contributed by atoms with Gasteiger partial charge in [0.05, 0.1) is 18.7 Å². The first-order valence-corrected chi connectivity index (χ1v) is 6.63. The number of fused-ring (bicyclic) bond motifs is 1. The third kappa shape index (κ3) is 2.33. The Morgan fingerprint density at radius 2 is 1.86 bits per heavy atom. The molecule has 3 nitrogen and oxygen atoms in total. The van der Waals surface area contributed by atoms with Gasteiger partial charge in [0, 0.05) is 5.39 Å². The van der Waals surface area contributed by atoms with Gasteiger partial charge in [0.15, 0.2) is 11.6 Å². The zero-order chi connectivity index (χ0) is 15.7. The van der Waals surface area contributed by atoms with Crippen molar-refractivity contribution in [3.05, 3.63) is 59.9 Å². The van der Waals surface area contributed by atoms with Crippen LogP contribution in [0.1, 0.15) is 5.56 Å². The van der Waals surface area contributed by atoms with E-state index in [2.05, 4.69) is 6.07 Å². The van der Waals surface area contributed by atoms with Crippen molar-refractivity contribution in [3.8, 4) is 28.7 Å². The lowest BCUT2D eigenvalue weighted by Crippen LogP contribution is -1.89. The number of aromatic hydroxyl groups is 1. The molecule has 4 heteroatoms. The molecule has 0 aliphatic heterocycles. The molecule has 22 heavy (non-hydrogen) atoms. The number of nitrogens with zero attached hydrogens (tertiary/aromatic N) is 1. The minimum absolute atomic E-state index is 0.104. The maximum absolute atomic E-state index is 13.9. The van der Waals surface area contributed by atoms with Crippen molar-refractivity contribution in [2.75, 3.05) is 7.11 Å². The van der Waals surface area contributed by atoms with Gasteiger partial charge in [0.2, 0.25) is 0 Å². The molecule has 0 spiro atoms. The number of rotatable bonds is 2. The van der Waals surface area contributed by atoms with Crippen LogP contribution in [0, 0.1) is 17.1 Å². The summed E-state index contributed by atoms with van der Waals surface area (Å²) >= 11 is 0. The summed E-state index contributed by atoms with van der Waals surface area (Å²) in [6.45, 7) is 0. The van der Waals surface area contributed by atoms with Gasteiger partial charge in [-0.3, -0.25) is 0 Å². The van der Waals surface area contributed by atoms with E-state index in [0.29, 0.717) is 16.5 Å². The topological polar surface area (TPSA) is 53.2 Å². The second kappa shape index (κ2) is 5.38. The summed E-state index contributed by atoms with van der Waals surface area (Å²) in [5.74, 6) is -0.175. The quantitative estimate of drug-likeness (QED) is 0.769. The molecular weight excluding hydrogens is 281 g/mol. The fraction of sp³-hybridized carbons (Fsp3) is 0.0556. The summed E-state index contributed by atoms with van der Waals surface area (Å²) in [5, 5.41) is 20.3. The van der Waals surface area contributed by atoms with Gasteiger partial charge < -0.3 is 9.84 Å². The van der Waals surface area contributed by atoms with E-state index in [1.165, 1.54) is 13.2 Å². The molecule has 3 rings (SSSR count). The molecule has 0 amide bonds. The molecule has 0 bridgehead atoms. The van der Waals surface area contributed by atoms with Crippen LogP contribution in [0.15, 0.2) is 48.5 Å². The summed E-state index contributed by atoms with van der Waals surface area (Å²) < 4.78 is 18.8. The molecule has 0 unspecified atom stereocenters. The van der Waals surface area contributed by atoms with Crippen molar-refractivity contribution < 1.29 is 14.2 Å². The van der Waals surface area contributed by atoms with Crippen LogP contribution in [0.25, 0.3) is 21.9 Å². The van der Waals surface area contributed by atoms with Crippen LogP contribution in [-0.4, -0.2) is 12.2 Å². The van der Waals surface area contributed by atoms with Crippen molar-refractivity contribution in [2.24, 2.45) is 0 Å². The van der Waals surface area contributed by atoms with Gasteiger partial charge in [0.25, 0.3) is 0 Å². The Morgan fingerprint density at radius 3 is 2.55 bits per heavy atom. The fourth-order valence-electron chi connectivity index (χ4n) is 2.45. The minimum Gasteiger partial charge on any atom is -0.508 e.